The van der Waals surface area contributed by atoms with Crippen molar-refractivity contribution >= 4 is 50.3 Å². The van der Waals surface area contributed by atoms with Crippen LogP contribution in [-0.2, 0) is 14.6 Å². The molecule has 172 valence electrons. The standard InChI is InChI=1S/C22H25Cl2N3O4S/c1-32(29,30)19-2-3-21(26-8-10-31-11-9-26)20(15-19)22(28)27-6-4-25(5-7-27)18-13-16(23)12-17(24)14-18/h2-3,12-15H,4-11H2,1H3. The maximum absolute atomic E-state index is 13.5. The maximum atomic E-state index is 13.5. The second-order valence-electron chi connectivity index (χ2n) is 7.96. The Morgan fingerprint density at radius 1 is 0.875 bits per heavy atom. The molecule has 2 aromatic carbocycles. The number of halogens is 2. The zero-order chi connectivity index (χ0) is 22.9. The molecular weight excluding hydrogens is 473 g/mol. The molecule has 0 spiro atoms. The van der Waals surface area contributed by atoms with Gasteiger partial charge in [-0.3, -0.25) is 4.79 Å². The number of morpholine rings is 1. The van der Waals surface area contributed by atoms with E-state index >= 15 is 0 Å². The predicted molar refractivity (Wildman–Crippen MR) is 127 cm³/mol. The minimum absolute atomic E-state index is 0.144. The van der Waals surface area contributed by atoms with E-state index in [9.17, 15) is 13.2 Å². The number of benzene rings is 2. The number of anilines is 2. The molecule has 0 aliphatic carbocycles. The van der Waals surface area contributed by atoms with Crippen molar-refractivity contribution < 1.29 is 17.9 Å². The first-order valence-corrected chi connectivity index (χ1v) is 13.0. The second-order valence-corrected chi connectivity index (χ2v) is 10.8. The molecule has 2 aromatic rings. The maximum Gasteiger partial charge on any atom is 0.256 e. The molecule has 10 heteroatoms. The van der Waals surface area contributed by atoms with Crippen molar-refractivity contribution in [2.24, 2.45) is 0 Å². The Kier molecular flexibility index (Phi) is 6.86. The lowest BCUT2D eigenvalue weighted by molar-refractivity contribution is 0.0746. The van der Waals surface area contributed by atoms with Crippen LogP contribution in [0.25, 0.3) is 0 Å². The summed E-state index contributed by atoms with van der Waals surface area (Å²) < 4.78 is 29.7. The third kappa shape index (κ3) is 5.14. The van der Waals surface area contributed by atoms with Crippen molar-refractivity contribution in [3.63, 3.8) is 0 Å². The summed E-state index contributed by atoms with van der Waals surface area (Å²) in [6.07, 6.45) is 1.15. The number of sulfone groups is 1. The number of carbonyl (C=O) groups is 1. The van der Waals surface area contributed by atoms with Gasteiger partial charge in [0.1, 0.15) is 0 Å². The molecule has 2 aliphatic rings. The van der Waals surface area contributed by atoms with Gasteiger partial charge in [-0.25, -0.2) is 8.42 Å². The van der Waals surface area contributed by atoms with E-state index < -0.39 is 9.84 Å². The first-order chi connectivity index (χ1) is 15.2. The summed E-state index contributed by atoms with van der Waals surface area (Å²) in [6.45, 7) is 4.72. The molecule has 0 unspecified atom stereocenters. The van der Waals surface area contributed by atoms with E-state index in [1.807, 2.05) is 12.1 Å². The summed E-state index contributed by atoms with van der Waals surface area (Å²) in [5, 5.41) is 1.14. The van der Waals surface area contributed by atoms with Crippen molar-refractivity contribution in [1.29, 1.82) is 0 Å². The molecule has 0 N–H and O–H groups in total. The van der Waals surface area contributed by atoms with Gasteiger partial charge in [0.25, 0.3) is 5.91 Å². The molecule has 1 amide bonds. The topological polar surface area (TPSA) is 70.2 Å². The summed E-state index contributed by atoms with van der Waals surface area (Å²) >= 11 is 12.3. The van der Waals surface area contributed by atoms with Crippen molar-refractivity contribution in [3.8, 4) is 0 Å². The van der Waals surface area contributed by atoms with Crippen LogP contribution in [0.1, 0.15) is 10.4 Å². The van der Waals surface area contributed by atoms with Crippen LogP contribution in [0.5, 0.6) is 0 Å². The van der Waals surface area contributed by atoms with E-state index in [2.05, 4.69) is 9.80 Å². The summed E-state index contributed by atoms with van der Waals surface area (Å²) in [7, 11) is -3.44. The van der Waals surface area contributed by atoms with Crippen LogP contribution in [0.15, 0.2) is 41.3 Å². The van der Waals surface area contributed by atoms with E-state index in [-0.39, 0.29) is 10.8 Å². The van der Waals surface area contributed by atoms with Gasteiger partial charge in [0.15, 0.2) is 9.84 Å². The number of rotatable bonds is 4. The zero-order valence-corrected chi connectivity index (χ0v) is 20.1. The fraction of sp³-hybridized carbons (Fsp3) is 0.409. The largest absolute Gasteiger partial charge is 0.378 e. The van der Waals surface area contributed by atoms with Gasteiger partial charge in [-0.15, -0.1) is 0 Å². The van der Waals surface area contributed by atoms with E-state index in [0.717, 1.165) is 17.6 Å². The van der Waals surface area contributed by atoms with E-state index in [0.29, 0.717) is 68.1 Å². The molecular formula is C22H25Cl2N3O4S. The Balaban J connectivity index is 1.57. The summed E-state index contributed by atoms with van der Waals surface area (Å²) in [4.78, 5) is 19.6. The Hall–Kier alpha value is -2.00. The molecule has 2 aliphatic heterocycles. The molecule has 0 atom stereocenters. The fourth-order valence-corrected chi connectivity index (χ4v) is 5.22. The van der Waals surface area contributed by atoms with Gasteiger partial charge >= 0.3 is 0 Å². The van der Waals surface area contributed by atoms with Crippen LogP contribution in [-0.4, -0.2) is 78.0 Å². The third-order valence-electron chi connectivity index (χ3n) is 5.76. The van der Waals surface area contributed by atoms with Crippen molar-refractivity contribution in [2.45, 2.75) is 4.90 Å². The van der Waals surface area contributed by atoms with Crippen LogP contribution in [0.4, 0.5) is 11.4 Å². The van der Waals surface area contributed by atoms with Gasteiger partial charge < -0.3 is 19.4 Å². The fourth-order valence-electron chi connectivity index (χ4n) is 4.06. The smallest absolute Gasteiger partial charge is 0.256 e. The molecule has 2 saturated heterocycles. The molecule has 4 rings (SSSR count). The molecule has 0 bridgehead atoms. The van der Waals surface area contributed by atoms with Crippen molar-refractivity contribution in [3.05, 3.63) is 52.0 Å². The van der Waals surface area contributed by atoms with Crippen LogP contribution in [0.3, 0.4) is 0 Å². The van der Waals surface area contributed by atoms with Gasteiger partial charge in [-0.2, -0.15) is 0 Å². The summed E-state index contributed by atoms with van der Waals surface area (Å²) in [5.74, 6) is -0.166. The van der Waals surface area contributed by atoms with Crippen LogP contribution >= 0.6 is 23.2 Å². The molecule has 32 heavy (non-hydrogen) atoms. The van der Waals surface area contributed by atoms with Crippen molar-refractivity contribution in [1.82, 2.24) is 4.90 Å². The Morgan fingerprint density at radius 3 is 2.09 bits per heavy atom. The molecule has 2 fully saturated rings. The zero-order valence-electron chi connectivity index (χ0n) is 17.8. The molecule has 7 nitrogen and oxygen atoms in total. The van der Waals surface area contributed by atoms with Gasteiger partial charge in [-0.05, 0) is 36.4 Å². The molecule has 0 aromatic heterocycles. The van der Waals surface area contributed by atoms with Gasteiger partial charge in [0.05, 0.1) is 23.7 Å². The minimum atomic E-state index is -3.44. The first kappa shape index (κ1) is 23.2. The van der Waals surface area contributed by atoms with Crippen LogP contribution in [0.2, 0.25) is 10.0 Å². The highest BCUT2D eigenvalue weighted by Crippen LogP contribution is 2.29. The Morgan fingerprint density at radius 2 is 1.50 bits per heavy atom. The average Bonchev–Trinajstić information content (AvgIpc) is 2.77. The Bertz CT molecular complexity index is 1090. The van der Waals surface area contributed by atoms with Crippen molar-refractivity contribution in [2.75, 3.05) is 68.5 Å². The number of amides is 1. The van der Waals surface area contributed by atoms with E-state index in [4.69, 9.17) is 27.9 Å². The number of carbonyl (C=O) groups excluding carboxylic acids is 1. The second kappa shape index (κ2) is 9.47. The number of ether oxygens (including phenoxy) is 1. The lowest BCUT2D eigenvalue weighted by Gasteiger charge is -2.37. The van der Waals surface area contributed by atoms with Gasteiger partial charge in [-0.1, -0.05) is 23.2 Å². The van der Waals surface area contributed by atoms with E-state index in [1.54, 1.807) is 23.1 Å². The third-order valence-corrected chi connectivity index (χ3v) is 7.30. The molecule has 0 radical (unpaired) electrons. The highest BCUT2D eigenvalue weighted by Gasteiger charge is 2.27. The normalized spacial score (nSPS) is 17.5. The molecule has 2 heterocycles. The number of nitrogens with zero attached hydrogens (tertiary/aromatic N) is 3. The predicted octanol–water partition coefficient (Wildman–Crippen LogP) is 3.20. The molecule has 0 saturated carbocycles. The number of hydrogen-bond acceptors (Lipinski definition) is 6. The highest BCUT2D eigenvalue weighted by atomic mass is 35.5. The SMILES string of the molecule is CS(=O)(=O)c1ccc(N2CCOCC2)c(C(=O)N2CCN(c3cc(Cl)cc(Cl)c3)CC2)c1. The van der Waals surface area contributed by atoms with Crippen LogP contribution in [0, 0.1) is 0 Å². The van der Waals surface area contributed by atoms with Crippen LogP contribution < -0.4 is 9.80 Å². The lowest BCUT2D eigenvalue weighted by atomic mass is 10.1. The quantitative estimate of drug-likeness (QED) is 0.645. The Labute approximate surface area is 198 Å². The summed E-state index contributed by atoms with van der Waals surface area (Å²) in [5.41, 5.74) is 2.08. The highest BCUT2D eigenvalue weighted by molar-refractivity contribution is 7.90. The first-order valence-electron chi connectivity index (χ1n) is 10.4. The number of piperazine rings is 1. The van der Waals surface area contributed by atoms with E-state index in [1.165, 1.54) is 6.07 Å². The summed E-state index contributed by atoms with van der Waals surface area (Å²) in [6, 6.07) is 10.2. The van der Waals surface area contributed by atoms with Gasteiger partial charge in [0.2, 0.25) is 0 Å². The monoisotopic (exact) mass is 497 g/mol. The number of hydrogen-bond donors (Lipinski definition) is 0. The average molecular weight is 498 g/mol. The minimum Gasteiger partial charge on any atom is -0.378 e. The lowest BCUT2D eigenvalue weighted by Crippen LogP contribution is -2.49. The van der Waals surface area contributed by atoms with Gasteiger partial charge in [0, 0.05) is 66.9 Å².